The van der Waals surface area contributed by atoms with Gasteiger partial charge in [-0.15, -0.1) is 11.3 Å². The van der Waals surface area contributed by atoms with Gasteiger partial charge in [-0.2, -0.15) is 0 Å². The summed E-state index contributed by atoms with van der Waals surface area (Å²) >= 11 is 1.27. The molecule has 15 heavy (non-hydrogen) atoms. The van der Waals surface area contributed by atoms with Crippen LogP contribution in [-0.2, 0) is 0 Å². The van der Waals surface area contributed by atoms with Crippen LogP contribution in [0.5, 0.6) is 0 Å². The van der Waals surface area contributed by atoms with Crippen LogP contribution in [0.25, 0.3) is 10.2 Å². The van der Waals surface area contributed by atoms with Crippen molar-refractivity contribution in [2.75, 3.05) is 0 Å². The van der Waals surface area contributed by atoms with Crippen LogP contribution in [0.1, 0.15) is 27.1 Å². The molecule has 5 heteroatoms. The van der Waals surface area contributed by atoms with E-state index in [0.29, 0.717) is 10.5 Å². The van der Waals surface area contributed by atoms with Gasteiger partial charge in [0.1, 0.15) is 0 Å². The number of carboxylic acids is 1. The maximum Gasteiger partial charge on any atom is 0.335 e. The van der Waals surface area contributed by atoms with Gasteiger partial charge in [0, 0.05) is 6.92 Å². The number of hydrogen-bond acceptors (Lipinski definition) is 4. The molecule has 2 rings (SSSR count). The highest BCUT2D eigenvalue weighted by Gasteiger charge is 2.10. The van der Waals surface area contributed by atoms with Crippen LogP contribution < -0.4 is 0 Å². The number of carboxylic acid groups (broad SMARTS) is 1. The number of nitrogens with zero attached hydrogens (tertiary/aromatic N) is 1. The van der Waals surface area contributed by atoms with E-state index in [-0.39, 0.29) is 11.3 Å². The van der Waals surface area contributed by atoms with Gasteiger partial charge in [-0.3, -0.25) is 4.79 Å². The predicted molar refractivity (Wildman–Crippen MR) is 56.6 cm³/mol. The molecule has 0 aliphatic carbocycles. The minimum atomic E-state index is -0.991. The number of Topliss-reactive ketones (excluding diaryl/α,β-unsaturated/α-hetero) is 1. The van der Waals surface area contributed by atoms with Gasteiger partial charge in [-0.1, -0.05) is 0 Å². The van der Waals surface area contributed by atoms with E-state index in [9.17, 15) is 9.59 Å². The lowest BCUT2D eigenvalue weighted by Crippen LogP contribution is -1.95. The van der Waals surface area contributed by atoms with E-state index in [1.54, 1.807) is 6.07 Å². The molecule has 2 aromatic rings. The average molecular weight is 221 g/mol. The zero-order valence-corrected chi connectivity index (χ0v) is 8.67. The van der Waals surface area contributed by atoms with E-state index in [2.05, 4.69) is 4.98 Å². The molecule has 0 unspecified atom stereocenters. The third-order valence-electron chi connectivity index (χ3n) is 1.94. The Morgan fingerprint density at radius 2 is 2.13 bits per heavy atom. The molecule has 0 aliphatic heterocycles. The van der Waals surface area contributed by atoms with Gasteiger partial charge in [0.15, 0.2) is 10.8 Å². The highest BCUT2D eigenvalue weighted by molar-refractivity contribution is 7.20. The van der Waals surface area contributed by atoms with Crippen molar-refractivity contribution in [3.05, 3.63) is 28.8 Å². The molecule has 1 N–H and O–H groups in total. The highest BCUT2D eigenvalue weighted by atomic mass is 32.1. The Morgan fingerprint density at radius 3 is 2.73 bits per heavy atom. The third-order valence-corrected chi connectivity index (χ3v) is 3.07. The first kappa shape index (κ1) is 9.79. The van der Waals surface area contributed by atoms with Gasteiger partial charge in [0.2, 0.25) is 0 Å². The number of carbonyl (C=O) groups excluding carboxylic acids is 1. The molecule has 0 amide bonds. The van der Waals surface area contributed by atoms with Crippen LogP contribution in [0.3, 0.4) is 0 Å². The van der Waals surface area contributed by atoms with Crippen LogP contribution in [0.15, 0.2) is 18.2 Å². The zero-order chi connectivity index (χ0) is 11.0. The Hall–Kier alpha value is -1.75. The summed E-state index contributed by atoms with van der Waals surface area (Å²) in [6.07, 6.45) is 0. The second-order valence-electron chi connectivity index (χ2n) is 3.06. The van der Waals surface area contributed by atoms with Crippen molar-refractivity contribution in [2.24, 2.45) is 0 Å². The Labute approximate surface area is 89.2 Å². The van der Waals surface area contributed by atoms with E-state index >= 15 is 0 Å². The monoisotopic (exact) mass is 221 g/mol. The Kier molecular flexibility index (Phi) is 2.24. The summed E-state index contributed by atoms with van der Waals surface area (Å²) in [6.45, 7) is 1.44. The van der Waals surface area contributed by atoms with Crippen LogP contribution in [0, 0.1) is 0 Å². The number of aromatic carboxylic acids is 1. The van der Waals surface area contributed by atoms with E-state index in [1.807, 2.05) is 0 Å². The SMILES string of the molecule is CC(=O)c1nc2cc(C(=O)O)ccc2s1. The minimum Gasteiger partial charge on any atom is -0.478 e. The van der Waals surface area contributed by atoms with Crippen molar-refractivity contribution >= 4 is 33.3 Å². The van der Waals surface area contributed by atoms with Gasteiger partial charge >= 0.3 is 5.97 Å². The van der Waals surface area contributed by atoms with E-state index in [0.717, 1.165) is 4.70 Å². The van der Waals surface area contributed by atoms with Gasteiger partial charge in [-0.05, 0) is 18.2 Å². The Bertz CT molecular complexity index is 547. The normalized spacial score (nSPS) is 10.5. The first-order chi connectivity index (χ1) is 7.08. The molecule has 1 aromatic heterocycles. The van der Waals surface area contributed by atoms with Crippen molar-refractivity contribution in [1.29, 1.82) is 0 Å². The van der Waals surface area contributed by atoms with Gasteiger partial charge < -0.3 is 5.11 Å². The lowest BCUT2D eigenvalue weighted by Gasteiger charge is -1.91. The molecule has 76 valence electrons. The largest absolute Gasteiger partial charge is 0.478 e. The topological polar surface area (TPSA) is 67.3 Å². The van der Waals surface area contributed by atoms with Crippen molar-refractivity contribution in [3.63, 3.8) is 0 Å². The quantitative estimate of drug-likeness (QED) is 0.789. The summed E-state index contributed by atoms with van der Waals surface area (Å²) in [5, 5.41) is 9.18. The molecule has 0 atom stereocenters. The summed E-state index contributed by atoms with van der Waals surface area (Å²) in [6, 6.07) is 4.65. The number of aromatic nitrogens is 1. The predicted octanol–water partition coefficient (Wildman–Crippen LogP) is 2.20. The summed E-state index contributed by atoms with van der Waals surface area (Å²) < 4.78 is 0.824. The van der Waals surface area contributed by atoms with Gasteiger partial charge in [-0.25, -0.2) is 9.78 Å². The molecule has 0 saturated heterocycles. The minimum absolute atomic E-state index is 0.104. The number of hydrogen-bond donors (Lipinski definition) is 1. The first-order valence-electron chi connectivity index (χ1n) is 4.23. The fourth-order valence-electron chi connectivity index (χ4n) is 1.21. The van der Waals surface area contributed by atoms with Crippen molar-refractivity contribution in [3.8, 4) is 0 Å². The van der Waals surface area contributed by atoms with Crippen molar-refractivity contribution in [2.45, 2.75) is 6.92 Å². The highest BCUT2D eigenvalue weighted by Crippen LogP contribution is 2.23. The smallest absolute Gasteiger partial charge is 0.335 e. The van der Waals surface area contributed by atoms with Crippen LogP contribution in [-0.4, -0.2) is 21.8 Å². The van der Waals surface area contributed by atoms with E-state index < -0.39 is 5.97 Å². The van der Waals surface area contributed by atoms with Crippen LogP contribution >= 0.6 is 11.3 Å². The maximum absolute atomic E-state index is 11.1. The van der Waals surface area contributed by atoms with Crippen molar-refractivity contribution in [1.82, 2.24) is 4.98 Å². The Morgan fingerprint density at radius 1 is 1.40 bits per heavy atom. The maximum atomic E-state index is 11.1. The second-order valence-corrected chi connectivity index (χ2v) is 4.09. The lowest BCUT2D eigenvalue weighted by molar-refractivity contribution is 0.0697. The second kappa shape index (κ2) is 3.43. The van der Waals surface area contributed by atoms with Crippen LogP contribution in [0.4, 0.5) is 0 Å². The summed E-state index contributed by atoms with van der Waals surface area (Å²) in [5.41, 5.74) is 0.744. The number of ketones is 1. The number of thiazole rings is 1. The van der Waals surface area contributed by atoms with E-state index in [4.69, 9.17) is 5.11 Å². The first-order valence-corrected chi connectivity index (χ1v) is 5.04. The standard InChI is InChI=1S/C10H7NO3S/c1-5(12)9-11-7-4-6(10(13)14)2-3-8(7)15-9/h2-4H,1H3,(H,13,14). The molecule has 0 saturated carbocycles. The molecule has 1 heterocycles. The fraction of sp³-hybridized carbons (Fsp3) is 0.100. The molecule has 4 nitrogen and oxygen atoms in total. The third kappa shape index (κ3) is 1.73. The number of benzene rings is 1. The molecular formula is C10H7NO3S. The number of carbonyl (C=O) groups is 2. The number of fused-ring (bicyclic) bond motifs is 1. The zero-order valence-electron chi connectivity index (χ0n) is 7.85. The van der Waals surface area contributed by atoms with Gasteiger partial charge in [0.25, 0.3) is 0 Å². The molecule has 0 radical (unpaired) electrons. The molecule has 1 aromatic carbocycles. The molecule has 0 aliphatic rings. The van der Waals surface area contributed by atoms with Gasteiger partial charge in [0.05, 0.1) is 15.8 Å². The summed E-state index contributed by atoms with van der Waals surface area (Å²) in [5.74, 6) is -1.10. The molecule has 0 bridgehead atoms. The molecule has 0 fully saturated rings. The summed E-state index contributed by atoms with van der Waals surface area (Å²) in [4.78, 5) is 25.8. The Balaban J connectivity index is 2.62. The lowest BCUT2D eigenvalue weighted by atomic mass is 10.2. The van der Waals surface area contributed by atoms with Crippen LogP contribution in [0.2, 0.25) is 0 Å². The molecule has 0 spiro atoms. The van der Waals surface area contributed by atoms with E-state index in [1.165, 1.54) is 30.4 Å². The average Bonchev–Trinajstić information content (AvgIpc) is 2.59. The fourth-order valence-corrected chi connectivity index (χ4v) is 2.05. The van der Waals surface area contributed by atoms with Crippen molar-refractivity contribution < 1.29 is 14.7 Å². The number of rotatable bonds is 2. The molecular weight excluding hydrogens is 214 g/mol. The summed E-state index contributed by atoms with van der Waals surface area (Å²) in [7, 11) is 0.